The lowest BCUT2D eigenvalue weighted by Crippen LogP contribution is -2.25. The number of nitrogens with one attached hydrogen (secondary N) is 1. The molecule has 20 heavy (non-hydrogen) atoms. The number of aromatic nitrogens is 2. The summed E-state index contributed by atoms with van der Waals surface area (Å²) in [7, 11) is 0. The number of imidazole rings is 1. The van der Waals surface area contributed by atoms with E-state index >= 15 is 0 Å². The van der Waals surface area contributed by atoms with Gasteiger partial charge in [0.15, 0.2) is 0 Å². The summed E-state index contributed by atoms with van der Waals surface area (Å²) in [5, 5.41) is 2.98. The van der Waals surface area contributed by atoms with Crippen LogP contribution in [-0.4, -0.2) is 22.0 Å². The van der Waals surface area contributed by atoms with Crippen LogP contribution in [0.3, 0.4) is 0 Å². The molecule has 4 nitrogen and oxygen atoms in total. The van der Waals surface area contributed by atoms with Crippen LogP contribution in [0.1, 0.15) is 33.1 Å². The van der Waals surface area contributed by atoms with Crippen molar-refractivity contribution in [1.82, 2.24) is 14.9 Å². The maximum absolute atomic E-state index is 11.8. The molecule has 0 aliphatic carbocycles. The normalized spacial score (nSPS) is 11.2. The number of benzene rings is 1. The van der Waals surface area contributed by atoms with Crippen LogP contribution < -0.4 is 5.32 Å². The highest BCUT2D eigenvalue weighted by Gasteiger charge is 2.05. The summed E-state index contributed by atoms with van der Waals surface area (Å²) in [6.07, 6.45) is 4.52. The summed E-state index contributed by atoms with van der Waals surface area (Å²) in [5.74, 6) is 0.816. The van der Waals surface area contributed by atoms with Gasteiger partial charge in [0.25, 0.3) is 0 Å². The number of amides is 1. The van der Waals surface area contributed by atoms with E-state index in [0.717, 1.165) is 30.4 Å². The Balaban J connectivity index is 1.76. The Labute approximate surface area is 120 Å². The van der Waals surface area contributed by atoms with E-state index in [0.29, 0.717) is 18.9 Å². The lowest BCUT2D eigenvalue weighted by Gasteiger charge is -2.07. The van der Waals surface area contributed by atoms with E-state index in [2.05, 4.69) is 24.1 Å². The van der Waals surface area contributed by atoms with E-state index in [4.69, 9.17) is 0 Å². The summed E-state index contributed by atoms with van der Waals surface area (Å²) in [6, 6.07) is 7.98. The average Bonchev–Trinajstić information content (AvgIpc) is 2.84. The van der Waals surface area contributed by atoms with Gasteiger partial charge in [-0.15, -0.1) is 0 Å². The van der Waals surface area contributed by atoms with Crippen LogP contribution in [0.4, 0.5) is 0 Å². The minimum absolute atomic E-state index is 0.117. The second-order valence-electron chi connectivity index (χ2n) is 5.56. The van der Waals surface area contributed by atoms with E-state index in [9.17, 15) is 4.79 Å². The quantitative estimate of drug-likeness (QED) is 0.788. The molecule has 2 rings (SSSR count). The monoisotopic (exact) mass is 273 g/mol. The third-order valence-electron chi connectivity index (χ3n) is 3.39. The molecule has 0 fully saturated rings. The van der Waals surface area contributed by atoms with Crippen molar-refractivity contribution in [2.24, 2.45) is 5.92 Å². The van der Waals surface area contributed by atoms with Crippen LogP contribution in [0, 0.1) is 5.92 Å². The molecule has 1 aromatic heterocycles. The molecule has 4 heteroatoms. The zero-order valence-corrected chi connectivity index (χ0v) is 12.3. The Bertz CT molecular complexity index is 560. The maximum Gasteiger partial charge on any atom is 0.221 e. The maximum atomic E-state index is 11.8. The van der Waals surface area contributed by atoms with Crippen molar-refractivity contribution in [2.75, 3.05) is 6.54 Å². The number of nitrogens with zero attached hydrogens (tertiary/aromatic N) is 2. The topological polar surface area (TPSA) is 46.9 Å². The molecular formula is C16H23N3O. The summed E-state index contributed by atoms with van der Waals surface area (Å²) in [4.78, 5) is 16.1. The molecule has 2 aromatic rings. The number of rotatable bonds is 7. The van der Waals surface area contributed by atoms with Gasteiger partial charge in [0.05, 0.1) is 17.4 Å². The van der Waals surface area contributed by atoms with Crippen molar-refractivity contribution >= 4 is 16.9 Å². The Morgan fingerprint density at radius 2 is 2.15 bits per heavy atom. The molecule has 108 valence electrons. The highest BCUT2D eigenvalue weighted by Crippen LogP contribution is 2.12. The van der Waals surface area contributed by atoms with Gasteiger partial charge in [-0.05, 0) is 30.9 Å². The molecule has 0 atom stereocenters. The predicted octanol–water partition coefficient (Wildman–Crippen LogP) is 2.98. The van der Waals surface area contributed by atoms with Gasteiger partial charge in [0.1, 0.15) is 0 Å². The zero-order valence-electron chi connectivity index (χ0n) is 12.3. The van der Waals surface area contributed by atoms with E-state index < -0.39 is 0 Å². The molecule has 1 aromatic carbocycles. The first-order valence-electron chi connectivity index (χ1n) is 7.33. The zero-order chi connectivity index (χ0) is 14.4. The van der Waals surface area contributed by atoms with Crippen molar-refractivity contribution in [2.45, 2.75) is 39.7 Å². The van der Waals surface area contributed by atoms with Gasteiger partial charge in [0.2, 0.25) is 5.91 Å². The lowest BCUT2D eigenvalue weighted by molar-refractivity contribution is -0.121. The van der Waals surface area contributed by atoms with Crippen molar-refractivity contribution in [3.05, 3.63) is 30.6 Å². The molecule has 0 spiro atoms. The van der Waals surface area contributed by atoms with E-state index in [1.54, 1.807) is 6.33 Å². The van der Waals surface area contributed by atoms with Crippen molar-refractivity contribution < 1.29 is 4.79 Å². The largest absolute Gasteiger partial charge is 0.356 e. The van der Waals surface area contributed by atoms with Gasteiger partial charge in [-0.25, -0.2) is 4.98 Å². The van der Waals surface area contributed by atoms with Crippen LogP contribution in [-0.2, 0) is 11.3 Å². The Morgan fingerprint density at radius 3 is 2.95 bits per heavy atom. The van der Waals surface area contributed by atoms with E-state index in [1.807, 2.05) is 28.8 Å². The van der Waals surface area contributed by atoms with Crippen LogP contribution in [0.15, 0.2) is 30.6 Å². The van der Waals surface area contributed by atoms with Gasteiger partial charge in [0, 0.05) is 19.5 Å². The number of hydrogen-bond donors (Lipinski definition) is 1. The van der Waals surface area contributed by atoms with Crippen molar-refractivity contribution in [3.63, 3.8) is 0 Å². The number of carbonyl (C=O) groups excluding carboxylic acids is 1. The minimum atomic E-state index is 0.117. The number of fused-ring (bicyclic) bond motifs is 1. The second kappa shape index (κ2) is 7.08. The third-order valence-corrected chi connectivity index (χ3v) is 3.39. The Hall–Kier alpha value is -1.84. The standard InChI is InChI=1S/C16H23N3O/c1-13(2)6-5-10-17-16(20)9-11-19-12-18-14-7-3-4-8-15(14)19/h3-4,7-8,12-13H,5-6,9-11H2,1-2H3,(H,17,20). The molecule has 0 aliphatic rings. The fraction of sp³-hybridized carbons (Fsp3) is 0.500. The summed E-state index contributed by atoms with van der Waals surface area (Å²) in [6.45, 7) is 5.86. The number of hydrogen-bond acceptors (Lipinski definition) is 2. The third kappa shape index (κ3) is 4.08. The molecule has 1 heterocycles. The SMILES string of the molecule is CC(C)CCCNC(=O)CCn1cnc2ccccc21. The fourth-order valence-electron chi connectivity index (χ4n) is 2.24. The molecule has 0 radical (unpaired) electrons. The molecule has 0 bridgehead atoms. The summed E-state index contributed by atoms with van der Waals surface area (Å²) in [5.41, 5.74) is 2.06. The van der Waals surface area contributed by atoms with Crippen LogP contribution in [0.2, 0.25) is 0 Å². The summed E-state index contributed by atoms with van der Waals surface area (Å²) >= 11 is 0. The highest BCUT2D eigenvalue weighted by molar-refractivity contribution is 5.77. The number of para-hydroxylation sites is 2. The van der Waals surface area contributed by atoms with Crippen molar-refractivity contribution in [3.8, 4) is 0 Å². The van der Waals surface area contributed by atoms with Crippen LogP contribution in [0.5, 0.6) is 0 Å². The molecule has 1 amide bonds. The second-order valence-corrected chi connectivity index (χ2v) is 5.56. The molecule has 1 N–H and O–H groups in total. The number of carbonyl (C=O) groups is 1. The smallest absolute Gasteiger partial charge is 0.221 e. The fourth-order valence-corrected chi connectivity index (χ4v) is 2.24. The molecule has 0 saturated carbocycles. The predicted molar refractivity (Wildman–Crippen MR) is 81.4 cm³/mol. The van der Waals surface area contributed by atoms with Gasteiger partial charge < -0.3 is 9.88 Å². The van der Waals surface area contributed by atoms with E-state index in [-0.39, 0.29) is 5.91 Å². The minimum Gasteiger partial charge on any atom is -0.356 e. The van der Waals surface area contributed by atoms with Gasteiger partial charge >= 0.3 is 0 Å². The van der Waals surface area contributed by atoms with Crippen molar-refractivity contribution in [1.29, 1.82) is 0 Å². The first-order valence-corrected chi connectivity index (χ1v) is 7.33. The molecule has 0 aliphatic heterocycles. The first kappa shape index (κ1) is 14.6. The van der Waals surface area contributed by atoms with E-state index in [1.165, 1.54) is 0 Å². The number of aryl methyl sites for hydroxylation is 1. The first-order chi connectivity index (χ1) is 9.66. The molecular weight excluding hydrogens is 250 g/mol. The highest BCUT2D eigenvalue weighted by atomic mass is 16.1. The molecule has 0 unspecified atom stereocenters. The molecule has 0 saturated heterocycles. The van der Waals surface area contributed by atoms with Crippen LogP contribution in [0.25, 0.3) is 11.0 Å². The Morgan fingerprint density at radius 1 is 1.35 bits per heavy atom. The summed E-state index contributed by atoms with van der Waals surface area (Å²) < 4.78 is 2.03. The van der Waals surface area contributed by atoms with Gasteiger partial charge in [-0.2, -0.15) is 0 Å². The average molecular weight is 273 g/mol. The Kier molecular flexibility index (Phi) is 5.16. The van der Waals surface area contributed by atoms with Gasteiger partial charge in [-0.3, -0.25) is 4.79 Å². The van der Waals surface area contributed by atoms with Crippen LogP contribution >= 0.6 is 0 Å². The lowest BCUT2D eigenvalue weighted by atomic mass is 10.1. The van der Waals surface area contributed by atoms with Gasteiger partial charge in [-0.1, -0.05) is 26.0 Å².